The molecule has 0 aliphatic rings. The van der Waals surface area contributed by atoms with Crippen LogP contribution in [0.4, 0.5) is 0 Å². The van der Waals surface area contributed by atoms with Crippen LogP contribution in [0.3, 0.4) is 0 Å². The molecule has 0 saturated heterocycles. The molecule has 2 heterocycles. The first kappa shape index (κ1) is 39.1. The molecule has 0 amide bonds. The second-order valence-electron chi connectivity index (χ2n) is 11.0. The summed E-state index contributed by atoms with van der Waals surface area (Å²) in [5.41, 5.74) is 4.91. The van der Waals surface area contributed by atoms with Crippen LogP contribution in [-0.2, 0) is 18.9 Å². The summed E-state index contributed by atoms with van der Waals surface area (Å²) in [5, 5.41) is 19.2. The molecule has 0 atom stereocenters. The quantitative estimate of drug-likeness (QED) is 0.108. The molecule has 268 valence electrons. The third-order valence-electron chi connectivity index (χ3n) is 7.62. The van der Waals surface area contributed by atoms with Gasteiger partial charge in [0, 0.05) is 15.2 Å². The van der Waals surface area contributed by atoms with E-state index < -0.39 is 19.1 Å². The number of aryl methyl sites for hydroxylation is 2. The Balaban J connectivity index is 0.000000186. The molecular weight excluding hydrogens is 739 g/mol. The molecule has 0 saturated carbocycles. The predicted octanol–water partition coefficient (Wildman–Crippen LogP) is 6.42. The summed E-state index contributed by atoms with van der Waals surface area (Å²) in [7, 11) is 3.82. The minimum absolute atomic E-state index is 0.340. The monoisotopic (exact) mass is 772 g/mol. The maximum atomic E-state index is 11.9. The van der Waals surface area contributed by atoms with E-state index in [4.69, 9.17) is 28.4 Å². The van der Waals surface area contributed by atoms with Gasteiger partial charge in [0.25, 0.3) is 0 Å². The number of fused-ring (bicyclic) bond motifs is 2. The standard InChI is InChI=1S/C19H16O5.C11H9BrO3.C8H9BO4/c1-11-10-16-14(8-9-15(17(16)24-11)19(21)23-3)12-4-6-13(7-5-12)18(20)22-2;1-6-5-8-9(12)4-3-7(10(8)15-6)11(13)14-2;1-13-8(10)6-2-4-7(5-3-6)9(11)12/h4-10H,1-3H3;3-5H,1-2H3;2-5,11-12H,1H3. The van der Waals surface area contributed by atoms with Crippen molar-refractivity contribution in [1.29, 1.82) is 0 Å². The number of methoxy groups -OCH3 is 4. The fourth-order valence-corrected chi connectivity index (χ4v) is 5.49. The Bertz CT molecular complexity index is 2220. The molecule has 0 radical (unpaired) electrons. The highest BCUT2D eigenvalue weighted by atomic mass is 79.9. The zero-order chi connectivity index (χ0) is 38.1. The first-order valence-electron chi connectivity index (χ1n) is 15.4. The van der Waals surface area contributed by atoms with Gasteiger partial charge in [-0.3, -0.25) is 0 Å². The number of furan rings is 2. The van der Waals surface area contributed by atoms with Crippen molar-refractivity contribution >= 4 is 74.3 Å². The van der Waals surface area contributed by atoms with Gasteiger partial charge in [-0.15, -0.1) is 0 Å². The molecule has 2 aromatic heterocycles. The SMILES string of the molecule is COC(=O)c1ccc(-c2ccc(C(=O)OC)c3oc(C)cc23)cc1.COC(=O)c1ccc(B(O)O)cc1.COC(=O)c1ccc(Br)c2cc(C)oc12. The number of ether oxygens (including phenoxy) is 4. The summed E-state index contributed by atoms with van der Waals surface area (Å²) >= 11 is 3.40. The lowest BCUT2D eigenvalue weighted by molar-refractivity contribution is 0.0592. The van der Waals surface area contributed by atoms with Crippen molar-refractivity contribution < 1.29 is 57.0 Å². The van der Waals surface area contributed by atoms with Crippen LogP contribution in [0.25, 0.3) is 33.1 Å². The molecule has 2 N–H and O–H groups in total. The lowest BCUT2D eigenvalue weighted by Gasteiger charge is -2.07. The van der Waals surface area contributed by atoms with Gasteiger partial charge in [0.2, 0.25) is 0 Å². The molecule has 14 heteroatoms. The number of hydrogen-bond donors (Lipinski definition) is 2. The molecule has 4 aromatic carbocycles. The number of esters is 4. The zero-order valence-corrected chi connectivity index (χ0v) is 30.6. The van der Waals surface area contributed by atoms with Gasteiger partial charge in [0.05, 0.1) is 39.6 Å². The highest BCUT2D eigenvalue weighted by Gasteiger charge is 2.19. The van der Waals surface area contributed by atoms with Crippen LogP contribution in [0.1, 0.15) is 53.0 Å². The van der Waals surface area contributed by atoms with Gasteiger partial charge >= 0.3 is 31.0 Å². The Kier molecular flexibility index (Phi) is 13.2. The molecule has 0 aliphatic heterocycles. The summed E-state index contributed by atoms with van der Waals surface area (Å²) in [5.74, 6) is -0.189. The zero-order valence-electron chi connectivity index (χ0n) is 29.0. The number of carbonyl (C=O) groups excluding carboxylic acids is 4. The Morgan fingerprint density at radius 3 is 1.46 bits per heavy atom. The molecule has 12 nitrogen and oxygen atoms in total. The molecule has 52 heavy (non-hydrogen) atoms. The molecule has 0 fully saturated rings. The van der Waals surface area contributed by atoms with Gasteiger partial charge in [0.1, 0.15) is 33.8 Å². The van der Waals surface area contributed by atoms with Crippen molar-refractivity contribution in [2.45, 2.75) is 13.8 Å². The maximum absolute atomic E-state index is 11.9. The van der Waals surface area contributed by atoms with Crippen LogP contribution in [-0.4, -0.2) is 69.5 Å². The molecule has 6 rings (SSSR count). The third-order valence-corrected chi connectivity index (χ3v) is 8.31. The van der Waals surface area contributed by atoms with Crippen molar-refractivity contribution in [3.63, 3.8) is 0 Å². The summed E-state index contributed by atoms with van der Waals surface area (Å²) in [6.45, 7) is 3.67. The summed E-state index contributed by atoms with van der Waals surface area (Å²) < 4.78 is 30.7. The maximum Gasteiger partial charge on any atom is 0.488 e. The van der Waals surface area contributed by atoms with Gasteiger partial charge in [-0.25, -0.2) is 19.2 Å². The second kappa shape index (κ2) is 17.5. The van der Waals surface area contributed by atoms with Crippen molar-refractivity contribution in [3.05, 3.63) is 123 Å². The lowest BCUT2D eigenvalue weighted by atomic mass is 9.80. The van der Waals surface area contributed by atoms with E-state index in [9.17, 15) is 19.2 Å². The second-order valence-corrected chi connectivity index (χ2v) is 11.8. The van der Waals surface area contributed by atoms with E-state index in [1.54, 1.807) is 24.3 Å². The Labute approximate surface area is 307 Å². The number of hydrogen-bond acceptors (Lipinski definition) is 12. The van der Waals surface area contributed by atoms with E-state index in [0.717, 1.165) is 32.1 Å². The van der Waals surface area contributed by atoms with E-state index in [1.807, 2.05) is 50.2 Å². The van der Waals surface area contributed by atoms with E-state index in [2.05, 4.69) is 25.4 Å². The molecule has 6 aromatic rings. The van der Waals surface area contributed by atoms with Gasteiger partial charge in [-0.1, -0.05) is 46.3 Å². The molecule has 0 unspecified atom stereocenters. The minimum atomic E-state index is -1.51. The smallest absolute Gasteiger partial charge is 0.465 e. The molecule has 0 spiro atoms. The number of carbonyl (C=O) groups is 4. The summed E-state index contributed by atoms with van der Waals surface area (Å²) in [6.07, 6.45) is 0. The number of rotatable bonds is 6. The van der Waals surface area contributed by atoms with E-state index in [1.165, 1.54) is 52.7 Å². The third kappa shape index (κ3) is 8.96. The Hall–Kier alpha value is -5.70. The molecule has 0 aliphatic carbocycles. The van der Waals surface area contributed by atoms with Crippen molar-refractivity contribution in [2.24, 2.45) is 0 Å². The van der Waals surface area contributed by atoms with E-state index >= 15 is 0 Å². The number of benzene rings is 4. The van der Waals surface area contributed by atoms with Crippen molar-refractivity contribution in [3.8, 4) is 11.1 Å². The summed E-state index contributed by atoms with van der Waals surface area (Å²) in [4.78, 5) is 45.8. The molecular formula is C38H34BBrO12. The first-order valence-corrected chi connectivity index (χ1v) is 16.2. The first-order chi connectivity index (χ1) is 24.8. The largest absolute Gasteiger partial charge is 0.488 e. The fraction of sp³-hybridized carbons (Fsp3) is 0.158. The number of halogens is 1. The Morgan fingerprint density at radius 2 is 1.00 bits per heavy atom. The lowest BCUT2D eigenvalue weighted by Crippen LogP contribution is -2.29. The highest BCUT2D eigenvalue weighted by Crippen LogP contribution is 2.34. The topological polar surface area (TPSA) is 172 Å². The van der Waals surface area contributed by atoms with Crippen LogP contribution in [0, 0.1) is 13.8 Å². The van der Waals surface area contributed by atoms with Crippen molar-refractivity contribution in [2.75, 3.05) is 28.4 Å². The average Bonchev–Trinajstić information content (AvgIpc) is 3.76. The van der Waals surface area contributed by atoms with E-state index in [0.29, 0.717) is 44.6 Å². The Morgan fingerprint density at radius 1 is 0.577 bits per heavy atom. The van der Waals surface area contributed by atoms with Gasteiger partial charge in [0.15, 0.2) is 0 Å². The van der Waals surface area contributed by atoms with Crippen LogP contribution in [0.15, 0.2) is 98.2 Å². The van der Waals surface area contributed by atoms with Gasteiger partial charge < -0.3 is 37.8 Å². The minimum Gasteiger partial charge on any atom is -0.465 e. The summed E-state index contributed by atoms with van der Waals surface area (Å²) in [6, 6.07) is 23.7. The molecule has 0 bridgehead atoms. The van der Waals surface area contributed by atoms with Crippen LogP contribution >= 0.6 is 15.9 Å². The normalized spacial score (nSPS) is 10.3. The van der Waals surface area contributed by atoms with E-state index in [-0.39, 0.29) is 11.9 Å². The van der Waals surface area contributed by atoms with Crippen LogP contribution in [0.5, 0.6) is 0 Å². The predicted molar refractivity (Wildman–Crippen MR) is 197 cm³/mol. The highest BCUT2D eigenvalue weighted by molar-refractivity contribution is 9.10. The van der Waals surface area contributed by atoms with Gasteiger partial charge in [-0.05, 0) is 85.0 Å². The van der Waals surface area contributed by atoms with Crippen molar-refractivity contribution in [1.82, 2.24) is 0 Å². The van der Waals surface area contributed by atoms with Crippen LogP contribution < -0.4 is 5.46 Å². The average molecular weight is 773 g/mol. The van der Waals surface area contributed by atoms with Gasteiger partial charge in [-0.2, -0.15) is 0 Å². The van der Waals surface area contributed by atoms with Crippen LogP contribution in [0.2, 0.25) is 0 Å². The fourth-order valence-electron chi connectivity index (χ4n) is 5.07.